The van der Waals surface area contributed by atoms with Crippen molar-refractivity contribution >= 4 is 23.9 Å². The molecule has 0 aliphatic rings. The second-order valence-corrected chi connectivity index (χ2v) is 11.3. The molecule has 220 valence electrons. The molecular formula is C30H47NO8. The molecule has 9 heteroatoms. The van der Waals surface area contributed by atoms with Crippen molar-refractivity contribution in [1.29, 1.82) is 0 Å². The number of rotatable bonds is 17. The molecule has 1 aromatic rings. The van der Waals surface area contributed by atoms with Crippen molar-refractivity contribution in [3.63, 3.8) is 0 Å². The van der Waals surface area contributed by atoms with Crippen LogP contribution >= 0.6 is 0 Å². The molecule has 0 amide bonds. The summed E-state index contributed by atoms with van der Waals surface area (Å²) in [5.74, 6) is -0.564. The monoisotopic (exact) mass is 549 g/mol. The first-order valence-corrected chi connectivity index (χ1v) is 13.9. The van der Waals surface area contributed by atoms with E-state index in [4.69, 9.17) is 24.7 Å². The van der Waals surface area contributed by atoms with Gasteiger partial charge in [0.15, 0.2) is 11.5 Å². The summed E-state index contributed by atoms with van der Waals surface area (Å²) in [5, 5.41) is 0. The standard InChI is InChI=1S/C30H47NO8/c1-19(2)8-13-27(32)36-18-22(7)37-30(35)24(31)16-23-11-12-25(38-28(33)14-9-20(3)4)26(17-23)39-29(34)15-10-21(5)6/h11-12,17,19-22,24H,8-10,13-16,18,31H2,1-7H3/t22-,24-/m0/s1. The van der Waals surface area contributed by atoms with Crippen LogP contribution in [0.25, 0.3) is 0 Å². The maximum atomic E-state index is 12.5. The van der Waals surface area contributed by atoms with Gasteiger partial charge in [-0.25, -0.2) is 0 Å². The molecule has 0 aromatic heterocycles. The molecule has 0 aliphatic carbocycles. The Morgan fingerprint density at radius 1 is 0.718 bits per heavy atom. The Labute approximate surface area is 233 Å². The van der Waals surface area contributed by atoms with E-state index >= 15 is 0 Å². The van der Waals surface area contributed by atoms with Crippen molar-refractivity contribution < 1.29 is 38.1 Å². The number of hydrogen-bond acceptors (Lipinski definition) is 9. The van der Waals surface area contributed by atoms with Crippen LogP contribution in [0.3, 0.4) is 0 Å². The number of carbonyl (C=O) groups excluding carboxylic acids is 4. The topological polar surface area (TPSA) is 131 Å². The zero-order chi connectivity index (χ0) is 29.5. The van der Waals surface area contributed by atoms with Crippen LogP contribution in [0.2, 0.25) is 0 Å². The summed E-state index contributed by atoms with van der Waals surface area (Å²) < 4.78 is 21.5. The molecule has 0 heterocycles. The lowest BCUT2D eigenvalue weighted by Crippen LogP contribution is -2.37. The minimum atomic E-state index is -1.01. The van der Waals surface area contributed by atoms with Crippen LogP contribution in [0.15, 0.2) is 18.2 Å². The van der Waals surface area contributed by atoms with Crippen molar-refractivity contribution in [3.05, 3.63) is 23.8 Å². The van der Waals surface area contributed by atoms with Crippen LogP contribution in [0, 0.1) is 17.8 Å². The van der Waals surface area contributed by atoms with Crippen molar-refractivity contribution in [3.8, 4) is 11.5 Å². The third kappa shape index (κ3) is 15.3. The van der Waals surface area contributed by atoms with Gasteiger partial charge < -0.3 is 24.7 Å². The molecule has 0 aliphatic heterocycles. The molecule has 0 unspecified atom stereocenters. The van der Waals surface area contributed by atoms with Gasteiger partial charge in [0.2, 0.25) is 0 Å². The number of carbonyl (C=O) groups is 4. The highest BCUT2D eigenvalue weighted by Crippen LogP contribution is 2.30. The van der Waals surface area contributed by atoms with Gasteiger partial charge in [-0.2, -0.15) is 0 Å². The quantitative estimate of drug-likeness (QED) is 0.207. The molecule has 0 saturated carbocycles. The molecule has 0 spiro atoms. The molecule has 0 fully saturated rings. The van der Waals surface area contributed by atoms with E-state index in [0.717, 1.165) is 6.42 Å². The average Bonchev–Trinajstić information content (AvgIpc) is 2.85. The van der Waals surface area contributed by atoms with E-state index < -0.39 is 30.1 Å². The SMILES string of the molecule is CC(C)CCC(=O)OC[C@H](C)OC(=O)[C@@H](N)Cc1ccc(OC(=O)CCC(C)C)c(OC(=O)CCC(C)C)c1. The minimum Gasteiger partial charge on any atom is -0.462 e. The van der Waals surface area contributed by atoms with Gasteiger partial charge in [0.1, 0.15) is 18.8 Å². The zero-order valence-corrected chi connectivity index (χ0v) is 24.6. The molecule has 0 radical (unpaired) electrons. The largest absolute Gasteiger partial charge is 0.462 e. The molecule has 1 aromatic carbocycles. The Kier molecular flexibility index (Phi) is 15.4. The Balaban J connectivity index is 2.83. The van der Waals surface area contributed by atoms with Crippen LogP contribution < -0.4 is 15.2 Å². The molecule has 0 saturated heterocycles. The maximum absolute atomic E-state index is 12.5. The molecule has 9 nitrogen and oxygen atoms in total. The first-order chi connectivity index (χ1) is 18.3. The van der Waals surface area contributed by atoms with Gasteiger partial charge in [0.05, 0.1) is 0 Å². The van der Waals surface area contributed by atoms with Gasteiger partial charge in [0, 0.05) is 19.3 Å². The van der Waals surface area contributed by atoms with Crippen molar-refractivity contribution in [1.82, 2.24) is 0 Å². The fraction of sp³-hybridized carbons (Fsp3) is 0.667. The second kappa shape index (κ2) is 17.6. The van der Waals surface area contributed by atoms with Crippen LogP contribution in [-0.2, 0) is 35.1 Å². The highest BCUT2D eigenvalue weighted by molar-refractivity contribution is 5.77. The molecule has 1 rings (SSSR count). The average molecular weight is 550 g/mol. The third-order valence-corrected chi connectivity index (χ3v) is 5.79. The van der Waals surface area contributed by atoms with Gasteiger partial charge in [-0.1, -0.05) is 47.6 Å². The van der Waals surface area contributed by atoms with Crippen molar-refractivity contribution in [2.24, 2.45) is 23.5 Å². The third-order valence-electron chi connectivity index (χ3n) is 5.79. The van der Waals surface area contributed by atoms with Crippen molar-refractivity contribution in [2.75, 3.05) is 6.61 Å². The summed E-state index contributed by atoms with van der Waals surface area (Å²) in [5.41, 5.74) is 6.68. The smallest absolute Gasteiger partial charge is 0.323 e. The number of benzene rings is 1. The number of nitrogens with two attached hydrogens (primary N) is 1. The van der Waals surface area contributed by atoms with Crippen LogP contribution in [0.1, 0.15) is 92.6 Å². The second-order valence-electron chi connectivity index (χ2n) is 11.3. The number of ether oxygens (including phenoxy) is 4. The summed E-state index contributed by atoms with van der Waals surface area (Å²) in [4.78, 5) is 49.1. The number of hydrogen-bond donors (Lipinski definition) is 1. The Morgan fingerprint density at radius 2 is 1.21 bits per heavy atom. The minimum absolute atomic E-state index is 0.0528. The van der Waals surface area contributed by atoms with Crippen molar-refractivity contribution in [2.45, 2.75) is 106 Å². The van der Waals surface area contributed by atoms with E-state index in [0.29, 0.717) is 42.6 Å². The molecule has 39 heavy (non-hydrogen) atoms. The van der Waals surface area contributed by atoms with E-state index in [2.05, 4.69) is 0 Å². The lowest BCUT2D eigenvalue weighted by atomic mass is 10.1. The fourth-order valence-corrected chi connectivity index (χ4v) is 3.35. The van der Waals surface area contributed by atoms with E-state index in [1.807, 2.05) is 41.5 Å². The predicted octanol–water partition coefficient (Wildman–Crippen LogP) is 5.15. The van der Waals surface area contributed by atoms with Crippen LogP contribution in [0.5, 0.6) is 11.5 Å². The summed E-state index contributed by atoms with van der Waals surface area (Å²) in [7, 11) is 0. The lowest BCUT2D eigenvalue weighted by molar-refractivity contribution is -0.159. The molecule has 2 N–H and O–H groups in total. The van der Waals surface area contributed by atoms with Gasteiger partial charge >= 0.3 is 23.9 Å². The van der Waals surface area contributed by atoms with Gasteiger partial charge in [-0.15, -0.1) is 0 Å². The van der Waals surface area contributed by atoms with Crippen LogP contribution in [-0.4, -0.2) is 42.6 Å². The first-order valence-electron chi connectivity index (χ1n) is 13.9. The van der Waals surface area contributed by atoms with Crippen LogP contribution in [0.4, 0.5) is 0 Å². The van der Waals surface area contributed by atoms with E-state index in [1.165, 1.54) is 6.07 Å². The lowest BCUT2D eigenvalue weighted by Gasteiger charge is -2.18. The highest BCUT2D eigenvalue weighted by Gasteiger charge is 2.22. The Morgan fingerprint density at radius 3 is 1.72 bits per heavy atom. The molecule has 0 bridgehead atoms. The summed E-state index contributed by atoms with van der Waals surface area (Å²) >= 11 is 0. The van der Waals surface area contributed by atoms with E-state index in [1.54, 1.807) is 19.1 Å². The molecule has 2 atom stereocenters. The van der Waals surface area contributed by atoms with Gasteiger partial charge in [-0.3, -0.25) is 19.2 Å². The zero-order valence-electron chi connectivity index (χ0n) is 24.6. The summed E-state index contributed by atoms with van der Waals surface area (Å²) in [6.45, 7) is 13.7. The summed E-state index contributed by atoms with van der Waals surface area (Å²) in [6.07, 6.45) is 2.26. The Hall–Kier alpha value is -2.94. The fourth-order valence-electron chi connectivity index (χ4n) is 3.35. The number of esters is 4. The van der Waals surface area contributed by atoms with E-state index in [-0.39, 0.29) is 43.3 Å². The first kappa shape index (κ1) is 34.1. The maximum Gasteiger partial charge on any atom is 0.323 e. The normalized spacial score (nSPS) is 12.8. The van der Waals surface area contributed by atoms with E-state index in [9.17, 15) is 19.2 Å². The highest BCUT2D eigenvalue weighted by atomic mass is 16.6. The van der Waals surface area contributed by atoms with Gasteiger partial charge in [-0.05, 0) is 68.1 Å². The predicted molar refractivity (Wildman–Crippen MR) is 148 cm³/mol. The summed E-state index contributed by atoms with van der Waals surface area (Å²) in [6, 6.07) is 3.73. The van der Waals surface area contributed by atoms with Gasteiger partial charge in [0.25, 0.3) is 0 Å². The molecular weight excluding hydrogens is 502 g/mol. The Bertz CT molecular complexity index is 941.